The average Bonchev–Trinajstić information content (AvgIpc) is 3.29. The van der Waals surface area contributed by atoms with Crippen molar-refractivity contribution in [1.29, 1.82) is 0 Å². The SMILES string of the molecule is COc1cc(OC2CCN(C)CC2)c2c(Nc3ccc(OCc4cc(C)on4)c(Cl)c3)ncnc2c1. The van der Waals surface area contributed by atoms with Crippen LogP contribution in [0.5, 0.6) is 17.2 Å². The smallest absolute Gasteiger partial charge is 0.145 e. The van der Waals surface area contributed by atoms with Crippen molar-refractivity contribution in [1.82, 2.24) is 20.0 Å². The molecule has 0 amide bonds. The van der Waals surface area contributed by atoms with Gasteiger partial charge in [0.25, 0.3) is 0 Å². The average molecular weight is 510 g/mol. The highest BCUT2D eigenvalue weighted by Crippen LogP contribution is 2.37. The minimum Gasteiger partial charge on any atom is -0.497 e. The van der Waals surface area contributed by atoms with Gasteiger partial charge in [0.2, 0.25) is 0 Å². The topological polar surface area (TPSA) is 94.8 Å². The molecule has 4 aromatic rings. The minimum absolute atomic E-state index is 0.115. The van der Waals surface area contributed by atoms with Crippen LogP contribution in [0.3, 0.4) is 0 Å². The van der Waals surface area contributed by atoms with Gasteiger partial charge in [0.15, 0.2) is 0 Å². The Bertz CT molecular complexity index is 1350. The Labute approximate surface area is 214 Å². The number of nitrogens with one attached hydrogen (secondary N) is 1. The van der Waals surface area contributed by atoms with E-state index in [1.54, 1.807) is 19.2 Å². The molecule has 0 unspecified atom stereocenters. The third-order valence-corrected chi connectivity index (χ3v) is 6.41. The molecule has 0 radical (unpaired) electrons. The molecule has 0 bridgehead atoms. The number of benzene rings is 2. The second-order valence-corrected chi connectivity index (χ2v) is 9.26. The van der Waals surface area contributed by atoms with Gasteiger partial charge in [-0.05, 0) is 45.0 Å². The lowest BCUT2D eigenvalue weighted by Crippen LogP contribution is -2.35. The van der Waals surface area contributed by atoms with E-state index in [0.29, 0.717) is 33.8 Å². The van der Waals surface area contributed by atoms with Crippen molar-refractivity contribution >= 4 is 34.0 Å². The third kappa shape index (κ3) is 5.47. The van der Waals surface area contributed by atoms with Gasteiger partial charge in [-0.1, -0.05) is 16.8 Å². The molecule has 36 heavy (non-hydrogen) atoms. The zero-order valence-corrected chi connectivity index (χ0v) is 21.2. The maximum atomic E-state index is 6.51. The molecule has 0 atom stereocenters. The number of rotatable bonds is 8. The van der Waals surface area contributed by atoms with Gasteiger partial charge in [0.1, 0.15) is 53.6 Å². The Balaban J connectivity index is 1.39. The lowest BCUT2D eigenvalue weighted by atomic mass is 10.1. The van der Waals surface area contributed by atoms with E-state index in [9.17, 15) is 0 Å². The van der Waals surface area contributed by atoms with Gasteiger partial charge in [-0.2, -0.15) is 0 Å². The zero-order valence-electron chi connectivity index (χ0n) is 20.5. The monoisotopic (exact) mass is 509 g/mol. The highest BCUT2D eigenvalue weighted by Gasteiger charge is 2.21. The van der Waals surface area contributed by atoms with E-state index in [0.717, 1.165) is 48.3 Å². The fraction of sp³-hybridized carbons (Fsp3) is 0.346. The molecule has 188 valence electrons. The number of ether oxygens (including phenoxy) is 3. The molecule has 0 saturated carbocycles. The van der Waals surface area contributed by atoms with E-state index in [1.807, 2.05) is 31.2 Å². The van der Waals surface area contributed by atoms with E-state index in [-0.39, 0.29) is 12.7 Å². The lowest BCUT2D eigenvalue weighted by Gasteiger charge is -2.29. The number of hydrogen-bond donors (Lipinski definition) is 1. The molecule has 2 aromatic heterocycles. The molecule has 10 heteroatoms. The molecule has 3 heterocycles. The number of aromatic nitrogens is 3. The second-order valence-electron chi connectivity index (χ2n) is 8.85. The van der Waals surface area contributed by atoms with Crippen LogP contribution in [0.4, 0.5) is 11.5 Å². The van der Waals surface area contributed by atoms with E-state index in [4.69, 9.17) is 30.3 Å². The predicted octanol–water partition coefficient (Wildman–Crippen LogP) is 5.38. The van der Waals surface area contributed by atoms with E-state index >= 15 is 0 Å². The summed E-state index contributed by atoms with van der Waals surface area (Å²) in [5.41, 5.74) is 2.18. The first-order valence-corrected chi connectivity index (χ1v) is 12.2. The van der Waals surface area contributed by atoms with Crippen LogP contribution in [0.25, 0.3) is 10.9 Å². The summed E-state index contributed by atoms with van der Waals surface area (Å²) in [6, 6.07) is 11.1. The predicted molar refractivity (Wildman–Crippen MR) is 138 cm³/mol. The summed E-state index contributed by atoms with van der Waals surface area (Å²) in [5, 5.41) is 8.55. The van der Waals surface area contributed by atoms with Crippen molar-refractivity contribution in [3.63, 3.8) is 0 Å². The number of halogens is 1. The zero-order chi connectivity index (χ0) is 25.1. The van der Waals surface area contributed by atoms with E-state index < -0.39 is 0 Å². The molecule has 2 aromatic carbocycles. The minimum atomic E-state index is 0.115. The molecule has 0 aliphatic carbocycles. The summed E-state index contributed by atoms with van der Waals surface area (Å²) in [6.07, 6.45) is 3.54. The number of hydrogen-bond acceptors (Lipinski definition) is 9. The van der Waals surface area contributed by atoms with Gasteiger partial charge < -0.3 is 29.0 Å². The van der Waals surface area contributed by atoms with Crippen molar-refractivity contribution in [3.8, 4) is 17.2 Å². The van der Waals surface area contributed by atoms with Gasteiger partial charge in [0.05, 0.1) is 23.0 Å². The standard InChI is InChI=1S/C26H28ClN5O4/c1-16-10-18(31-36-16)14-34-23-5-4-17(11-21(23)27)30-26-25-22(28-15-29-26)12-20(33-3)13-24(25)35-19-6-8-32(2)9-7-19/h4-5,10-13,15,19H,6-9,14H2,1-3H3,(H,28,29,30). The van der Waals surface area contributed by atoms with Gasteiger partial charge >= 0.3 is 0 Å². The Morgan fingerprint density at radius 1 is 1.11 bits per heavy atom. The quantitative estimate of drug-likeness (QED) is 0.335. The fourth-order valence-corrected chi connectivity index (χ4v) is 4.42. The van der Waals surface area contributed by atoms with Crippen molar-refractivity contribution in [2.45, 2.75) is 32.5 Å². The van der Waals surface area contributed by atoms with Gasteiger partial charge in [-0.25, -0.2) is 9.97 Å². The number of likely N-dealkylation sites (tertiary alicyclic amines) is 1. The van der Waals surface area contributed by atoms with Crippen molar-refractivity contribution in [2.75, 3.05) is 32.6 Å². The van der Waals surface area contributed by atoms with Crippen LogP contribution in [-0.4, -0.2) is 53.4 Å². The van der Waals surface area contributed by atoms with Gasteiger partial charge in [-0.15, -0.1) is 0 Å². The third-order valence-electron chi connectivity index (χ3n) is 6.12. The molecule has 1 N–H and O–H groups in total. The lowest BCUT2D eigenvalue weighted by molar-refractivity contribution is 0.115. The van der Waals surface area contributed by atoms with Crippen LogP contribution in [-0.2, 0) is 6.61 Å². The maximum absolute atomic E-state index is 6.51. The van der Waals surface area contributed by atoms with Gasteiger partial charge in [-0.3, -0.25) is 0 Å². The Morgan fingerprint density at radius 2 is 1.94 bits per heavy atom. The molecule has 5 rings (SSSR count). The van der Waals surface area contributed by atoms with Crippen molar-refractivity contribution in [2.24, 2.45) is 0 Å². The number of nitrogens with zero attached hydrogens (tertiary/aromatic N) is 4. The summed E-state index contributed by atoms with van der Waals surface area (Å²) in [4.78, 5) is 11.3. The van der Waals surface area contributed by atoms with Crippen LogP contribution in [0.15, 0.2) is 47.2 Å². The number of aryl methyl sites for hydroxylation is 1. The first-order chi connectivity index (χ1) is 17.5. The highest BCUT2D eigenvalue weighted by molar-refractivity contribution is 6.32. The summed E-state index contributed by atoms with van der Waals surface area (Å²) in [5.74, 6) is 3.27. The van der Waals surface area contributed by atoms with Crippen LogP contribution in [0.1, 0.15) is 24.3 Å². The number of piperidine rings is 1. The Hall–Kier alpha value is -3.56. The summed E-state index contributed by atoms with van der Waals surface area (Å²) >= 11 is 6.51. The van der Waals surface area contributed by atoms with Crippen LogP contribution >= 0.6 is 11.6 Å². The molecular formula is C26H28ClN5O4. The second kappa shape index (κ2) is 10.6. The number of fused-ring (bicyclic) bond motifs is 1. The van der Waals surface area contributed by atoms with Crippen molar-refractivity contribution < 1.29 is 18.7 Å². The fourth-order valence-electron chi connectivity index (χ4n) is 4.19. The summed E-state index contributed by atoms with van der Waals surface area (Å²) < 4.78 is 22.9. The van der Waals surface area contributed by atoms with Gasteiger partial charge in [0, 0.05) is 37.0 Å². The first-order valence-electron chi connectivity index (χ1n) is 11.8. The molecule has 1 saturated heterocycles. The Morgan fingerprint density at radius 3 is 2.67 bits per heavy atom. The number of methoxy groups -OCH3 is 1. The molecule has 9 nitrogen and oxygen atoms in total. The summed E-state index contributed by atoms with van der Waals surface area (Å²) in [6.45, 7) is 4.09. The summed E-state index contributed by atoms with van der Waals surface area (Å²) in [7, 11) is 3.76. The van der Waals surface area contributed by atoms with E-state index in [1.165, 1.54) is 6.33 Å². The molecule has 1 aliphatic rings. The van der Waals surface area contributed by atoms with Crippen LogP contribution in [0.2, 0.25) is 5.02 Å². The number of anilines is 2. The molecule has 1 fully saturated rings. The van der Waals surface area contributed by atoms with E-state index in [2.05, 4.69) is 32.4 Å². The normalized spacial score (nSPS) is 14.7. The largest absolute Gasteiger partial charge is 0.497 e. The van der Waals surface area contributed by atoms with Crippen molar-refractivity contribution in [3.05, 3.63) is 59.2 Å². The van der Waals surface area contributed by atoms with Crippen LogP contribution < -0.4 is 19.5 Å². The molecular weight excluding hydrogens is 482 g/mol. The molecule has 1 aliphatic heterocycles. The highest BCUT2D eigenvalue weighted by atomic mass is 35.5. The molecule has 0 spiro atoms. The first kappa shape index (κ1) is 24.1. The van der Waals surface area contributed by atoms with Crippen LogP contribution in [0, 0.1) is 6.92 Å². The maximum Gasteiger partial charge on any atom is 0.145 e. The Kier molecular flexibility index (Phi) is 7.11.